The Bertz CT molecular complexity index is 482. The van der Waals surface area contributed by atoms with Crippen molar-refractivity contribution in [3.05, 3.63) is 42.0 Å². The molecule has 1 aromatic heterocycles. The van der Waals surface area contributed by atoms with Crippen LogP contribution in [-0.2, 0) is 0 Å². The third-order valence-electron chi connectivity index (χ3n) is 2.50. The van der Waals surface area contributed by atoms with E-state index in [1.807, 2.05) is 24.3 Å². The molecule has 1 aromatic carbocycles. The Balaban J connectivity index is 2.21. The summed E-state index contributed by atoms with van der Waals surface area (Å²) in [5, 5.41) is 11.5. The minimum atomic E-state index is 0.779. The minimum Gasteiger partial charge on any atom is -0.368 e. The van der Waals surface area contributed by atoms with Gasteiger partial charge in [-0.2, -0.15) is 12.6 Å². The monoisotopic (exact) mass is 245 g/mol. The zero-order valence-corrected chi connectivity index (χ0v) is 10.6. The number of nitrogens with one attached hydrogen (secondary N) is 1. The summed E-state index contributed by atoms with van der Waals surface area (Å²) in [4.78, 5) is 0. The predicted octanol–water partition coefficient (Wildman–Crippen LogP) is 2.79. The van der Waals surface area contributed by atoms with Gasteiger partial charge in [0.25, 0.3) is 0 Å². The molecule has 0 saturated carbocycles. The van der Waals surface area contributed by atoms with E-state index in [0.29, 0.717) is 0 Å². The molecule has 0 aliphatic rings. The van der Waals surface area contributed by atoms with Gasteiger partial charge in [0.1, 0.15) is 5.82 Å². The van der Waals surface area contributed by atoms with Gasteiger partial charge >= 0.3 is 0 Å². The lowest BCUT2D eigenvalue weighted by atomic mass is 10.1. The van der Waals surface area contributed by atoms with E-state index in [0.717, 1.165) is 29.4 Å². The summed E-state index contributed by atoms with van der Waals surface area (Å²) in [7, 11) is 0. The second-order valence-electron chi connectivity index (χ2n) is 3.77. The van der Waals surface area contributed by atoms with Crippen molar-refractivity contribution in [2.75, 3.05) is 17.6 Å². The molecule has 0 saturated heterocycles. The van der Waals surface area contributed by atoms with E-state index >= 15 is 0 Å². The summed E-state index contributed by atoms with van der Waals surface area (Å²) in [5.74, 6) is 1.57. The largest absolute Gasteiger partial charge is 0.368 e. The third-order valence-corrected chi connectivity index (χ3v) is 2.73. The fraction of sp³-hybridized carbons (Fsp3) is 0.231. The van der Waals surface area contributed by atoms with E-state index in [1.165, 1.54) is 5.56 Å². The predicted molar refractivity (Wildman–Crippen MR) is 74.5 cm³/mol. The van der Waals surface area contributed by atoms with E-state index in [4.69, 9.17) is 0 Å². The first-order valence-corrected chi connectivity index (χ1v) is 6.19. The second kappa shape index (κ2) is 5.68. The van der Waals surface area contributed by atoms with Crippen molar-refractivity contribution < 1.29 is 0 Å². The van der Waals surface area contributed by atoms with Gasteiger partial charge in [-0.05, 0) is 24.6 Å². The Morgan fingerprint density at radius 2 is 1.94 bits per heavy atom. The number of hydrogen-bond donors (Lipinski definition) is 2. The summed E-state index contributed by atoms with van der Waals surface area (Å²) in [5.41, 5.74) is 3.23. The topological polar surface area (TPSA) is 37.8 Å². The molecular formula is C13H15N3S. The lowest BCUT2D eigenvalue weighted by molar-refractivity contribution is 1.02. The average molecular weight is 245 g/mol. The average Bonchev–Trinajstić information content (AvgIpc) is 2.38. The zero-order chi connectivity index (χ0) is 12.1. The summed E-state index contributed by atoms with van der Waals surface area (Å²) in [6.07, 6.45) is 0. The van der Waals surface area contributed by atoms with Gasteiger partial charge in [-0.3, -0.25) is 0 Å². The van der Waals surface area contributed by atoms with Gasteiger partial charge in [0.15, 0.2) is 0 Å². The van der Waals surface area contributed by atoms with E-state index in [2.05, 4.69) is 47.2 Å². The van der Waals surface area contributed by atoms with Crippen LogP contribution in [0.3, 0.4) is 0 Å². The van der Waals surface area contributed by atoms with Gasteiger partial charge < -0.3 is 5.32 Å². The molecule has 0 amide bonds. The molecule has 3 nitrogen and oxygen atoms in total. The number of aryl methyl sites for hydroxylation is 1. The van der Waals surface area contributed by atoms with E-state index < -0.39 is 0 Å². The van der Waals surface area contributed by atoms with Gasteiger partial charge in [0.2, 0.25) is 0 Å². The number of hydrogen-bond acceptors (Lipinski definition) is 4. The number of anilines is 1. The lowest BCUT2D eigenvalue weighted by Gasteiger charge is -2.06. The van der Waals surface area contributed by atoms with Gasteiger partial charge in [-0.1, -0.05) is 24.3 Å². The number of thiol groups is 1. The molecule has 1 heterocycles. The first-order valence-electron chi connectivity index (χ1n) is 5.56. The standard InChI is InChI=1S/C13H15N3S/c1-10-4-2-3-5-11(10)12-6-7-13(16-15-12)14-8-9-17/h2-7,17H,8-9H2,1H3,(H,14,16). The highest BCUT2D eigenvalue weighted by atomic mass is 32.1. The molecule has 0 bridgehead atoms. The number of nitrogens with zero attached hydrogens (tertiary/aromatic N) is 2. The van der Waals surface area contributed by atoms with Gasteiger partial charge in [0.05, 0.1) is 5.69 Å². The number of benzene rings is 1. The highest BCUT2D eigenvalue weighted by Crippen LogP contribution is 2.20. The minimum absolute atomic E-state index is 0.779. The van der Waals surface area contributed by atoms with Gasteiger partial charge in [-0.15, -0.1) is 10.2 Å². The summed E-state index contributed by atoms with van der Waals surface area (Å²) in [6, 6.07) is 12.1. The smallest absolute Gasteiger partial charge is 0.148 e. The van der Waals surface area contributed by atoms with Crippen LogP contribution in [0.25, 0.3) is 11.3 Å². The van der Waals surface area contributed by atoms with Crippen molar-refractivity contribution in [3.8, 4) is 11.3 Å². The molecule has 0 fully saturated rings. The van der Waals surface area contributed by atoms with Crippen molar-refractivity contribution in [1.29, 1.82) is 0 Å². The van der Waals surface area contributed by atoms with E-state index in [1.54, 1.807) is 0 Å². The maximum Gasteiger partial charge on any atom is 0.148 e. The van der Waals surface area contributed by atoms with E-state index in [9.17, 15) is 0 Å². The molecule has 0 aliphatic heterocycles. The molecule has 0 atom stereocenters. The first kappa shape index (κ1) is 11.9. The maximum atomic E-state index is 4.23. The molecule has 0 unspecified atom stereocenters. The molecule has 0 spiro atoms. The van der Waals surface area contributed by atoms with Crippen LogP contribution in [-0.4, -0.2) is 22.5 Å². The molecule has 17 heavy (non-hydrogen) atoms. The number of rotatable bonds is 4. The van der Waals surface area contributed by atoms with Crippen LogP contribution in [0.2, 0.25) is 0 Å². The maximum absolute atomic E-state index is 4.23. The summed E-state index contributed by atoms with van der Waals surface area (Å²) >= 11 is 4.13. The van der Waals surface area contributed by atoms with Crippen LogP contribution in [0.4, 0.5) is 5.82 Å². The SMILES string of the molecule is Cc1ccccc1-c1ccc(NCCS)nn1. The van der Waals surface area contributed by atoms with Crippen molar-refractivity contribution in [3.63, 3.8) is 0 Å². The van der Waals surface area contributed by atoms with Crippen molar-refractivity contribution in [2.24, 2.45) is 0 Å². The van der Waals surface area contributed by atoms with Gasteiger partial charge in [-0.25, -0.2) is 0 Å². The van der Waals surface area contributed by atoms with Crippen LogP contribution >= 0.6 is 12.6 Å². The normalized spacial score (nSPS) is 10.2. The van der Waals surface area contributed by atoms with E-state index in [-0.39, 0.29) is 0 Å². The Hall–Kier alpha value is -1.55. The zero-order valence-electron chi connectivity index (χ0n) is 9.72. The molecule has 0 radical (unpaired) electrons. The molecular weight excluding hydrogens is 230 g/mol. The molecule has 2 aromatic rings. The highest BCUT2D eigenvalue weighted by Gasteiger charge is 2.03. The van der Waals surface area contributed by atoms with Crippen LogP contribution in [0.5, 0.6) is 0 Å². The second-order valence-corrected chi connectivity index (χ2v) is 4.22. The first-order chi connectivity index (χ1) is 8.31. The number of aromatic nitrogens is 2. The molecule has 0 aliphatic carbocycles. The van der Waals surface area contributed by atoms with Crippen LogP contribution in [0, 0.1) is 6.92 Å². The Morgan fingerprint density at radius 3 is 2.59 bits per heavy atom. The van der Waals surface area contributed by atoms with Crippen molar-refractivity contribution in [2.45, 2.75) is 6.92 Å². The van der Waals surface area contributed by atoms with Crippen LogP contribution in [0.1, 0.15) is 5.56 Å². The Morgan fingerprint density at radius 1 is 1.12 bits per heavy atom. The highest BCUT2D eigenvalue weighted by molar-refractivity contribution is 7.80. The van der Waals surface area contributed by atoms with Gasteiger partial charge in [0, 0.05) is 17.9 Å². The fourth-order valence-electron chi connectivity index (χ4n) is 1.61. The molecule has 88 valence electrons. The van der Waals surface area contributed by atoms with Crippen molar-refractivity contribution >= 4 is 18.4 Å². The molecule has 1 N–H and O–H groups in total. The third kappa shape index (κ3) is 2.97. The summed E-state index contributed by atoms with van der Waals surface area (Å²) in [6.45, 7) is 2.87. The quantitative estimate of drug-likeness (QED) is 0.813. The molecule has 2 rings (SSSR count). The van der Waals surface area contributed by atoms with Crippen LogP contribution < -0.4 is 5.32 Å². The molecule has 4 heteroatoms. The lowest BCUT2D eigenvalue weighted by Crippen LogP contribution is -2.05. The summed E-state index contributed by atoms with van der Waals surface area (Å²) < 4.78 is 0. The fourth-order valence-corrected chi connectivity index (χ4v) is 1.73. The van der Waals surface area contributed by atoms with Crippen molar-refractivity contribution in [1.82, 2.24) is 10.2 Å². The Labute approximate surface area is 107 Å². The Kier molecular flexibility index (Phi) is 3.98. The van der Waals surface area contributed by atoms with Crippen LogP contribution in [0.15, 0.2) is 36.4 Å².